The molecule has 0 fully saturated rings. The SMILES string of the molecule is O=C1C(Cl)=C(Nc2cccc3ccccc23)C(=O)N1c1ccc([N+](=O)[O-])cc1. The van der Waals surface area contributed by atoms with E-state index in [1.54, 1.807) is 6.07 Å². The molecule has 0 aliphatic carbocycles. The summed E-state index contributed by atoms with van der Waals surface area (Å²) >= 11 is 6.15. The number of nitro benzene ring substituents is 1. The minimum atomic E-state index is -0.691. The van der Waals surface area contributed by atoms with Gasteiger partial charge in [0.1, 0.15) is 10.7 Å². The van der Waals surface area contributed by atoms with E-state index in [4.69, 9.17) is 11.6 Å². The van der Waals surface area contributed by atoms with Gasteiger partial charge < -0.3 is 5.32 Å². The van der Waals surface area contributed by atoms with Crippen molar-refractivity contribution >= 4 is 51.2 Å². The van der Waals surface area contributed by atoms with E-state index >= 15 is 0 Å². The first kappa shape index (κ1) is 17.7. The van der Waals surface area contributed by atoms with E-state index in [1.807, 2.05) is 36.4 Å². The van der Waals surface area contributed by atoms with Gasteiger partial charge in [0.2, 0.25) is 0 Å². The van der Waals surface area contributed by atoms with Crippen LogP contribution in [-0.4, -0.2) is 16.7 Å². The first-order valence-electron chi connectivity index (χ1n) is 8.25. The van der Waals surface area contributed by atoms with E-state index in [0.29, 0.717) is 5.69 Å². The van der Waals surface area contributed by atoms with Crippen molar-refractivity contribution in [2.75, 3.05) is 10.2 Å². The Balaban J connectivity index is 1.68. The van der Waals surface area contributed by atoms with Crippen LogP contribution >= 0.6 is 11.6 Å². The number of anilines is 2. The number of imide groups is 1. The Morgan fingerprint density at radius 3 is 2.29 bits per heavy atom. The largest absolute Gasteiger partial charge is 0.349 e. The van der Waals surface area contributed by atoms with Crippen LogP contribution in [0.2, 0.25) is 0 Å². The number of nitrogens with one attached hydrogen (secondary N) is 1. The van der Waals surface area contributed by atoms with Gasteiger partial charge in [0.05, 0.1) is 10.6 Å². The lowest BCUT2D eigenvalue weighted by Crippen LogP contribution is -2.32. The van der Waals surface area contributed by atoms with Gasteiger partial charge in [-0.05, 0) is 23.6 Å². The molecule has 4 rings (SSSR count). The van der Waals surface area contributed by atoms with Gasteiger partial charge in [0.15, 0.2) is 0 Å². The Bertz CT molecular complexity index is 1170. The van der Waals surface area contributed by atoms with Gasteiger partial charge >= 0.3 is 0 Å². The number of carbonyl (C=O) groups is 2. The summed E-state index contributed by atoms with van der Waals surface area (Å²) in [5.74, 6) is -1.32. The van der Waals surface area contributed by atoms with Crippen LogP contribution in [0, 0.1) is 10.1 Å². The van der Waals surface area contributed by atoms with Gasteiger partial charge in [-0.2, -0.15) is 0 Å². The van der Waals surface area contributed by atoms with Crippen molar-refractivity contribution < 1.29 is 14.5 Å². The van der Waals surface area contributed by atoms with E-state index in [2.05, 4.69) is 5.32 Å². The third kappa shape index (κ3) is 2.87. The summed E-state index contributed by atoms with van der Waals surface area (Å²) < 4.78 is 0. The number of amides is 2. The molecule has 7 nitrogen and oxygen atoms in total. The molecule has 28 heavy (non-hydrogen) atoms. The summed E-state index contributed by atoms with van der Waals surface area (Å²) in [6.07, 6.45) is 0. The highest BCUT2D eigenvalue weighted by Crippen LogP contribution is 2.32. The molecule has 138 valence electrons. The Kier molecular flexibility index (Phi) is 4.29. The molecule has 0 aromatic heterocycles. The van der Waals surface area contributed by atoms with E-state index in [0.717, 1.165) is 15.7 Å². The molecule has 0 bridgehead atoms. The fourth-order valence-electron chi connectivity index (χ4n) is 3.04. The van der Waals surface area contributed by atoms with E-state index in [1.165, 1.54) is 24.3 Å². The summed E-state index contributed by atoms with van der Waals surface area (Å²) in [7, 11) is 0. The lowest BCUT2D eigenvalue weighted by atomic mass is 10.1. The number of halogens is 1. The van der Waals surface area contributed by atoms with Gasteiger partial charge in [-0.15, -0.1) is 0 Å². The Morgan fingerprint density at radius 2 is 1.57 bits per heavy atom. The summed E-state index contributed by atoms with van der Waals surface area (Å²) in [4.78, 5) is 36.5. The molecular weight excluding hydrogens is 382 g/mol. The standard InChI is InChI=1S/C20H12ClN3O4/c21-17-18(22-16-7-3-5-12-4-1-2-6-15(12)16)20(26)23(19(17)25)13-8-10-14(11-9-13)24(27)28/h1-11,22H. The number of hydrogen-bond donors (Lipinski definition) is 1. The van der Waals surface area contributed by atoms with Crippen molar-refractivity contribution in [2.24, 2.45) is 0 Å². The second-order valence-electron chi connectivity index (χ2n) is 6.06. The zero-order valence-corrected chi connectivity index (χ0v) is 15.0. The average Bonchev–Trinajstić information content (AvgIpc) is 2.91. The molecule has 0 saturated carbocycles. The minimum Gasteiger partial charge on any atom is -0.349 e. The summed E-state index contributed by atoms with van der Waals surface area (Å²) in [5.41, 5.74) is 0.656. The fraction of sp³-hybridized carbons (Fsp3) is 0. The molecule has 1 N–H and O–H groups in total. The van der Waals surface area contributed by atoms with Crippen LogP contribution in [0.25, 0.3) is 10.8 Å². The van der Waals surface area contributed by atoms with Gasteiger partial charge in [-0.3, -0.25) is 19.7 Å². The van der Waals surface area contributed by atoms with E-state index in [9.17, 15) is 19.7 Å². The zero-order chi connectivity index (χ0) is 19.8. The summed E-state index contributed by atoms with van der Waals surface area (Å²) in [6.45, 7) is 0. The fourth-order valence-corrected chi connectivity index (χ4v) is 3.25. The number of non-ortho nitro benzene ring substituents is 1. The molecule has 1 aliphatic heterocycles. The molecule has 0 saturated heterocycles. The average molecular weight is 394 g/mol. The molecule has 3 aromatic rings. The molecule has 2 amide bonds. The maximum Gasteiger partial charge on any atom is 0.283 e. The third-order valence-electron chi connectivity index (χ3n) is 4.40. The van der Waals surface area contributed by atoms with E-state index < -0.39 is 16.7 Å². The zero-order valence-electron chi connectivity index (χ0n) is 14.3. The highest BCUT2D eigenvalue weighted by atomic mass is 35.5. The lowest BCUT2D eigenvalue weighted by molar-refractivity contribution is -0.384. The predicted octanol–water partition coefficient (Wildman–Crippen LogP) is 4.18. The van der Waals surface area contributed by atoms with Crippen LogP contribution in [0.3, 0.4) is 0 Å². The van der Waals surface area contributed by atoms with Crippen molar-refractivity contribution in [3.8, 4) is 0 Å². The monoisotopic (exact) mass is 393 g/mol. The first-order chi connectivity index (χ1) is 13.5. The maximum atomic E-state index is 12.9. The molecule has 1 aliphatic rings. The third-order valence-corrected chi connectivity index (χ3v) is 4.75. The number of benzene rings is 3. The van der Waals surface area contributed by atoms with Crippen LogP contribution in [0.15, 0.2) is 77.5 Å². The second kappa shape index (κ2) is 6.79. The smallest absolute Gasteiger partial charge is 0.283 e. The molecule has 0 radical (unpaired) electrons. The van der Waals surface area contributed by atoms with Gasteiger partial charge in [-0.1, -0.05) is 48.0 Å². The van der Waals surface area contributed by atoms with Crippen molar-refractivity contribution in [3.05, 3.63) is 87.6 Å². The number of nitrogens with zero attached hydrogens (tertiary/aromatic N) is 2. The van der Waals surface area contributed by atoms with E-state index in [-0.39, 0.29) is 22.1 Å². The molecular formula is C20H12ClN3O4. The van der Waals surface area contributed by atoms with Crippen LogP contribution in [0.1, 0.15) is 0 Å². The topological polar surface area (TPSA) is 92.6 Å². The molecule has 0 unspecified atom stereocenters. The van der Waals surface area contributed by atoms with Crippen molar-refractivity contribution in [2.45, 2.75) is 0 Å². The molecule has 0 atom stereocenters. The second-order valence-corrected chi connectivity index (χ2v) is 6.44. The van der Waals surface area contributed by atoms with Crippen molar-refractivity contribution in [1.82, 2.24) is 0 Å². The number of nitro groups is 1. The minimum absolute atomic E-state index is 0.0404. The molecule has 3 aromatic carbocycles. The van der Waals surface area contributed by atoms with Gasteiger partial charge in [-0.25, -0.2) is 4.90 Å². The number of carbonyl (C=O) groups excluding carboxylic acids is 2. The Labute approximate surface area is 164 Å². The molecule has 8 heteroatoms. The highest BCUT2D eigenvalue weighted by molar-refractivity contribution is 6.53. The summed E-state index contributed by atoms with van der Waals surface area (Å²) in [5, 5.41) is 15.4. The predicted molar refractivity (Wildman–Crippen MR) is 106 cm³/mol. The number of hydrogen-bond acceptors (Lipinski definition) is 5. The quantitative estimate of drug-likeness (QED) is 0.407. The first-order valence-corrected chi connectivity index (χ1v) is 8.63. The molecule has 0 spiro atoms. The van der Waals surface area contributed by atoms with Crippen LogP contribution in [0.5, 0.6) is 0 Å². The molecule has 1 heterocycles. The normalized spacial score (nSPS) is 14.1. The lowest BCUT2D eigenvalue weighted by Gasteiger charge is -2.15. The Morgan fingerprint density at radius 1 is 0.893 bits per heavy atom. The number of fused-ring (bicyclic) bond motifs is 1. The van der Waals surface area contributed by atoms with Crippen LogP contribution in [-0.2, 0) is 9.59 Å². The van der Waals surface area contributed by atoms with Crippen LogP contribution in [0.4, 0.5) is 17.1 Å². The maximum absolute atomic E-state index is 12.9. The van der Waals surface area contributed by atoms with Crippen molar-refractivity contribution in [3.63, 3.8) is 0 Å². The number of rotatable bonds is 4. The van der Waals surface area contributed by atoms with Gasteiger partial charge in [0.25, 0.3) is 17.5 Å². The Hall–Kier alpha value is -3.71. The highest BCUT2D eigenvalue weighted by Gasteiger charge is 2.39. The van der Waals surface area contributed by atoms with Gasteiger partial charge in [0, 0.05) is 23.2 Å². The van der Waals surface area contributed by atoms with Crippen molar-refractivity contribution in [1.29, 1.82) is 0 Å². The summed E-state index contributed by atoms with van der Waals surface area (Å²) in [6, 6.07) is 18.2. The van der Waals surface area contributed by atoms with Crippen LogP contribution < -0.4 is 10.2 Å².